The third-order valence-corrected chi connectivity index (χ3v) is 3.10. The number of likely N-dealkylation sites (tertiary alicyclic amines) is 1. The van der Waals surface area contributed by atoms with E-state index in [-0.39, 0.29) is 18.1 Å². The maximum atomic E-state index is 12.0. The van der Waals surface area contributed by atoms with Gasteiger partial charge in [0, 0.05) is 12.6 Å². The second-order valence-electron chi connectivity index (χ2n) is 6.21. The van der Waals surface area contributed by atoms with Crippen LogP contribution < -0.4 is 0 Å². The highest BCUT2D eigenvalue weighted by Crippen LogP contribution is 2.36. The van der Waals surface area contributed by atoms with E-state index in [4.69, 9.17) is 9.47 Å². The first-order valence-corrected chi connectivity index (χ1v) is 6.17. The van der Waals surface area contributed by atoms with Crippen LogP contribution >= 0.6 is 0 Å². The van der Waals surface area contributed by atoms with Gasteiger partial charge in [0.1, 0.15) is 5.60 Å². The molecule has 1 saturated heterocycles. The van der Waals surface area contributed by atoms with Crippen molar-refractivity contribution in [2.75, 3.05) is 13.7 Å². The Kier molecular flexibility index (Phi) is 3.93. The highest BCUT2D eigenvalue weighted by Gasteiger charge is 2.47. The fourth-order valence-electron chi connectivity index (χ4n) is 2.32. The number of hydrogen-bond acceptors (Lipinski definition) is 4. The van der Waals surface area contributed by atoms with Crippen LogP contribution in [0.1, 0.15) is 41.0 Å². The van der Waals surface area contributed by atoms with Crippen LogP contribution in [-0.4, -0.2) is 42.3 Å². The lowest BCUT2D eigenvalue weighted by atomic mass is 9.88. The molecule has 0 spiro atoms. The molecule has 1 amide bonds. The van der Waals surface area contributed by atoms with Crippen LogP contribution in [0.25, 0.3) is 0 Å². The highest BCUT2D eigenvalue weighted by atomic mass is 16.6. The maximum Gasteiger partial charge on any atom is 0.410 e. The summed E-state index contributed by atoms with van der Waals surface area (Å²) in [7, 11) is 1.37. The van der Waals surface area contributed by atoms with E-state index in [2.05, 4.69) is 0 Å². The standard InChI is InChI=1S/C13H23NO4/c1-9-7-13(5,10(15)17-6)8-14(9)11(16)18-12(2,3)4/h9H,7-8H2,1-6H3. The second kappa shape index (κ2) is 4.78. The predicted molar refractivity (Wildman–Crippen MR) is 67.1 cm³/mol. The molecule has 0 aromatic heterocycles. The largest absolute Gasteiger partial charge is 0.469 e. The van der Waals surface area contributed by atoms with E-state index in [0.717, 1.165) is 0 Å². The van der Waals surface area contributed by atoms with E-state index >= 15 is 0 Å². The van der Waals surface area contributed by atoms with Crippen molar-refractivity contribution in [3.05, 3.63) is 0 Å². The van der Waals surface area contributed by atoms with Crippen molar-refractivity contribution in [3.8, 4) is 0 Å². The molecule has 1 aliphatic rings. The van der Waals surface area contributed by atoms with Crippen LogP contribution in [0.3, 0.4) is 0 Å². The third kappa shape index (κ3) is 3.15. The molecule has 5 nitrogen and oxygen atoms in total. The number of carbonyl (C=O) groups is 2. The van der Waals surface area contributed by atoms with Crippen LogP contribution in [0.2, 0.25) is 0 Å². The zero-order valence-electron chi connectivity index (χ0n) is 12.1. The van der Waals surface area contributed by atoms with Gasteiger partial charge in [-0.15, -0.1) is 0 Å². The van der Waals surface area contributed by atoms with Crippen LogP contribution in [0.15, 0.2) is 0 Å². The summed E-state index contributed by atoms with van der Waals surface area (Å²) in [6, 6.07) is -0.0241. The fraction of sp³-hybridized carbons (Fsp3) is 0.846. The SMILES string of the molecule is COC(=O)C1(C)CC(C)N(C(=O)OC(C)(C)C)C1. The van der Waals surface area contributed by atoms with Crippen molar-refractivity contribution in [2.24, 2.45) is 5.41 Å². The summed E-state index contributed by atoms with van der Waals surface area (Å²) < 4.78 is 10.1. The Bertz CT molecular complexity index is 347. The third-order valence-electron chi connectivity index (χ3n) is 3.10. The summed E-state index contributed by atoms with van der Waals surface area (Å²) in [6.07, 6.45) is 0.224. The van der Waals surface area contributed by atoms with Crippen molar-refractivity contribution in [3.63, 3.8) is 0 Å². The molecule has 0 aromatic rings. The van der Waals surface area contributed by atoms with Crippen LogP contribution in [-0.2, 0) is 14.3 Å². The maximum absolute atomic E-state index is 12.0. The van der Waals surface area contributed by atoms with Crippen molar-refractivity contribution < 1.29 is 19.1 Å². The average molecular weight is 257 g/mol. The Morgan fingerprint density at radius 2 is 1.89 bits per heavy atom. The molecule has 1 aliphatic heterocycles. The highest BCUT2D eigenvalue weighted by molar-refractivity contribution is 5.79. The van der Waals surface area contributed by atoms with Gasteiger partial charge in [-0.05, 0) is 41.0 Å². The summed E-state index contributed by atoms with van der Waals surface area (Å²) in [5.74, 6) is -0.277. The molecule has 1 heterocycles. The molecule has 0 N–H and O–H groups in total. The minimum atomic E-state index is -0.634. The number of methoxy groups -OCH3 is 1. The molecule has 5 heteroatoms. The lowest BCUT2D eigenvalue weighted by molar-refractivity contribution is -0.150. The fourth-order valence-corrected chi connectivity index (χ4v) is 2.32. The Labute approximate surface area is 108 Å². The average Bonchev–Trinajstić information content (AvgIpc) is 2.52. The van der Waals surface area contributed by atoms with E-state index in [1.165, 1.54) is 7.11 Å². The van der Waals surface area contributed by atoms with Crippen LogP contribution in [0, 0.1) is 5.41 Å². The van der Waals surface area contributed by atoms with Crippen LogP contribution in [0.5, 0.6) is 0 Å². The quantitative estimate of drug-likeness (QED) is 0.676. The van der Waals surface area contributed by atoms with Crippen molar-refractivity contribution in [1.82, 2.24) is 4.90 Å². The molecule has 2 atom stereocenters. The molecule has 104 valence electrons. The first-order chi connectivity index (χ1) is 8.09. The number of rotatable bonds is 1. The zero-order chi connectivity index (χ0) is 14.1. The minimum absolute atomic E-state index is 0.0241. The van der Waals surface area contributed by atoms with Crippen LogP contribution in [0.4, 0.5) is 4.79 Å². The summed E-state index contributed by atoms with van der Waals surface area (Å²) >= 11 is 0. The molecule has 2 unspecified atom stereocenters. The number of ether oxygens (including phenoxy) is 2. The summed E-state index contributed by atoms with van der Waals surface area (Å²) in [5.41, 5.74) is -1.16. The minimum Gasteiger partial charge on any atom is -0.469 e. The Hall–Kier alpha value is -1.26. The molecule has 0 bridgehead atoms. The monoisotopic (exact) mass is 257 g/mol. The summed E-state index contributed by atoms with van der Waals surface area (Å²) in [6.45, 7) is 9.55. The van der Waals surface area contributed by atoms with Gasteiger partial charge in [-0.25, -0.2) is 4.79 Å². The lowest BCUT2D eigenvalue weighted by Crippen LogP contribution is -2.40. The Morgan fingerprint density at radius 3 is 2.33 bits per heavy atom. The van der Waals surface area contributed by atoms with Gasteiger partial charge in [0.2, 0.25) is 0 Å². The second-order valence-corrected chi connectivity index (χ2v) is 6.21. The number of hydrogen-bond donors (Lipinski definition) is 0. The van der Waals surface area contributed by atoms with Crippen molar-refractivity contribution in [1.29, 1.82) is 0 Å². The topological polar surface area (TPSA) is 55.8 Å². The molecule has 18 heavy (non-hydrogen) atoms. The van der Waals surface area contributed by atoms with E-state index in [9.17, 15) is 9.59 Å². The molecule has 0 aromatic carbocycles. The molecular formula is C13H23NO4. The molecule has 0 aliphatic carbocycles. The van der Waals surface area contributed by atoms with E-state index < -0.39 is 11.0 Å². The van der Waals surface area contributed by atoms with Gasteiger partial charge in [-0.1, -0.05) is 0 Å². The number of amides is 1. The summed E-state index contributed by atoms with van der Waals surface area (Å²) in [5, 5.41) is 0. The smallest absolute Gasteiger partial charge is 0.410 e. The van der Waals surface area contributed by atoms with Gasteiger partial charge in [0.05, 0.1) is 12.5 Å². The van der Waals surface area contributed by atoms with Gasteiger partial charge < -0.3 is 14.4 Å². The van der Waals surface area contributed by atoms with Gasteiger partial charge in [0.15, 0.2) is 0 Å². The van der Waals surface area contributed by atoms with Gasteiger partial charge >= 0.3 is 12.1 Å². The number of carbonyl (C=O) groups excluding carboxylic acids is 2. The normalized spacial score (nSPS) is 28.1. The number of nitrogens with zero attached hydrogens (tertiary/aromatic N) is 1. The first kappa shape index (κ1) is 14.8. The molecule has 0 radical (unpaired) electrons. The van der Waals surface area contributed by atoms with Gasteiger partial charge in [0.25, 0.3) is 0 Å². The zero-order valence-corrected chi connectivity index (χ0v) is 12.1. The van der Waals surface area contributed by atoms with Gasteiger partial charge in [-0.3, -0.25) is 4.79 Å². The Morgan fingerprint density at radius 1 is 1.33 bits per heavy atom. The molecule has 0 saturated carbocycles. The predicted octanol–water partition coefficient (Wildman–Crippen LogP) is 2.20. The first-order valence-electron chi connectivity index (χ1n) is 6.17. The Balaban J connectivity index is 2.76. The number of esters is 1. The van der Waals surface area contributed by atoms with E-state index in [1.54, 1.807) is 4.90 Å². The van der Waals surface area contributed by atoms with Gasteiger partial charge in [-0.2, -0.15) is 0 Å². The molecule has 1 fully saturated rings. The van der Waals surface area contributed by atoms with E-state index in [0.29, 0.717) is 13.0 Å². The van der Waals surface area contributed by atoms with Crippen molar-refractivity contribution >= 4 is 12.1 Å². The molecular weight excluding hydrogens is 234 g/mol. The summed E-state index contributed by atoms with van der Waals surface area (Å²) in [4.78, 5) is 25.4. The van der Waals surface area contributed by atoms with E-state index in [1.807, 2.05) is 34.6 Å². The lowest BCUT2D eigenvalue weighted by Gasteiger charge is -2.27. The molecule has 1 rings (SSSR count). The van der Waals surface area contributed by atoms with Crippen molar-refractivity contribution in [2.45, 2.75) is 52.7 Å².